The maximum Gasteiger partial charge on any atom is 0.235 e. The van der Waals surface area contributed by atoms with E-state index in [4.69, 9.17) is 14.4 Å². The molecule has 0 N–H and O–H groups in total. The Bertz CT molecular complexity index is 3460. The Kier molecular flexibility index (Phi) is 6.86. The Labute approximate surface area is 327 Å². The third kappa shape index (κ3) is 4.96. The van der Waals surface area contributed by atoms with Crippen molar-refractivity contribution in [3.05, 3.63) is 194 Å². The van der Waals surface area contributed by atoms with Gasteiger partial charge in [0, 0.05) is 49.1 Å². The van der Waals surface area contributed by atoms with E-state index in [9.17, 15) is 0 Å². The van der Waals surface area contributed by atoms with Gasteiger partial charge in [0.1, 0.15) is 11.2 Å². The van der Waals surface area contributed by atoms with E-state index in [0.29, 0.717) is 5.95 Å². The molecule has 4 heterocycles. The zero-order chi connectivity index (χ0) is 37.5. The van der Waals surface area contributed by atoms with Crippen LogP contribution in [0.25, 0.3) is 111 Å². The summed E-state index contributed by atoms with van der Waals surface area (Å²) in [6.07, 6.45) is 0. The van der Waals surface area contributed by atoms with E-state index in [1.807, 2.05) is 24.3 Å². The first kappa shape index (κ1) is 31.6. The van der Waals surface area contributed by atoms with E-state index in [2.05, 4.69) is 179 Å². The lowest BCUT2D eigenvalue weighted by Crippen LogP contribution is -2.03. The Morgan fingerprint density at radius 1 is 0.316 bits per heavy atom. The van der Waals surface area contributed by atoms with Crippen molar-refractivity contribution in [3.8, 4) is 45.3 Å². The lowest BCUT2D eigenvalue weighted by Gasteiger charge is -2.12. The van der Waals surface area contributed by atoms with Crippen LogP contribution in [0.4, 0.5) is 0 Å². The molecule has 266 valence electrons. The summed E-state index contributed by atoms with van der Waals surface area (Å²) < 4.78 is 10.8. The van der Waals surface area contributed by atoms with Gasteiger partial charge in [0.2, 0.25) is 5.95 Å². The van der Waals surface area contributed by atoms with E-state index in [0.717, 1.165) is 88.6 Å². The van der Waals surface area contributed by atoms with Crippen molar-refractivity contribution in [1.29, 1.82) is 0 Å². The van der Waals surface area contributed by atoms with Gasteiger partial charge in [-0.2, -0.15) is 0 Å². The molecule has 4 aromatic heterocycles. The van der Waals surface area contributed by atoms with E-state index >= 15 is 0 Å². The van der Waals surface area contributed by atoms with Crippen LogP contribution in [-0.2, 0) is 0 Å². The van der Waals surface area contributed by atoms with Gasteiger partial charge in [0.05, 0.1) is 33.5 Å². The zero-order valence-electron chi connectivity index (χ0n) is 30.7. The van der Waals surface area contributed by atoms with E-state index in [1.54, 1.807) is 0 Å². The van der Waals surface area contributed by atoms with Gasteiger partial charge in [-0.1, -0.05) is 133 Å². The van der Waals surface area contributed by atoms with Crippen LogP contribution in [0.2, 0.25) is 0 Å². The van der Waals surface area contributed by atoms with E-state index in [1.165, 1.54) is 16.3 Å². The van der Waals surface area contributed by atoms with Crippen molar-refractivity contribution in [1.82, 2.24) is 19.1 Å². The van der Waals surface area contributed by atoms with Crippen molar-refractivity contribution in [2.75, 3.05) is 0 Å². The molecule has 12 aromatic rings. The largest absolute Gasteiger partial charge is 0.456 e. The van der Waals surface area contributed by atoms with Crippen molar-refractivity contribution in [3.63, 3.8) is 0 Å². The first-order valence-electron chi connectivity index (χ1n) is 19.2. The average molecular weight is 729 g/mol. The molecule has 0 spiro atoms. The maximum atomic E-state index is 6.21. The molecule has 0 saturated carbocycles. The number of para-hydroxylation sites is 3. The molecule has 0 bridgehead atoms. The fourth-order valence-corrected chi connectivity index (χ4v) is 8.70. The zero-order valence-corrected chi connectivity index (χ0v) is 30.7. The maximum absolute atomic E-state index is 6.21. The second-order valence-corrected chi connectivity index (χ2v) is 14.6. The van der Waals surface area contributed by atoms with Crippen LogP contribution in [0.5, 0.6) is 0 Å². The molecular formula is C52H32N4O. The van der Waals surface area contributed by atoms with Gasteiger partial charge in [-0.05, 0) is 71.8 Å². The highest BCUT2D eigenvalue weighted by molar-refractivity contribution is 6.13. The summed E-state index contributed by atoms with van der Waals surface area (Å²) in [7, 11) is 0. The van der Waals surface area contributed by atoms with Gasteiger partial charge < -0.3 is 8.98 Å². The van der Waals surface area contributed by atoms with Crippen molar-refractivity contribution >= 4 is 65.6 Å². The molecule has 0 aliphatic heterocycles. The second-order valence-electron chi connectivity index (χ2n) is 14.6. The second kappa shape index (κ2) is 12.4. The van der Waals surface area contributed by atoms with Crippen LogP contribution in [0, 0.1) is 0 Å². The lowest BCUT2D eigenvalue weighted by atomic mass is 10.0. The summed E-state index contributed by atoms with van der Waals surface area (Å²) in [4.78, 5) is 10.4. The van der Waals surface area contributed by atoms with E-state index < -0.39 is 0 Å². The highest BCUT2D eigenvalue weighted by Crippen LogP contribution is 2.39. The molecule has 12 rings (SSSR count). The number of furan rings is 1. The first-order valence-corrected chi connectivity index (χ1v) is 19.2. The minimum Gasteiger partial charge on any atom is -0.456 e. The number of fused-ring (bicyclic) bond motifs is 9. The van der Waals surface area contributed by atoms with Crippen molar-refractivity contribution in [2.24, 2.45) is 0 Å². The summed E-state index contributed by atoms with van der Waals surface area (Å²) >= 11 is 0. The molecule has 8 aromatic carbocycles. The summed E-state index contributed by atoms with van der Waals surface area (Å²) in [5.41, 5.74) is 13.5. The number of aromatic nitrogens is 4. The predicted molar refractivity (Wildman–Crippen MR) is 234 cm³/mol. The minimum absolute atomic E-state index is 0.641. The Hall–Kier alpha value is -7.76. The predicted octanol–water partition coefficient (Wildman–Crippen LogP) is 13.6. The number of benzene rings is 8. The van der Waals surface area contributed by atoms with Crippen LogP contribution in [0.1, 0.15) is 0 Å². The van der Waals surface area contributed by atoms with Gasteiger partial charge in [0.25, 0.3) is 0 Å². The Balaban J connectivity index is 1.05. The van der Waals surface area contributed by atoms with Gasteiger partial charge in [-0.25, -0.2) is 9.97 Å². The summed E-state index contributed by atoms with van der Waals surface area (Å²) in [5.74, 6) is 0.641. The molecular weight excluding hydrogens is 697 g/mol. The molecule has 5 heteroatoms. The van der Waals surface area contributed by atoms with Crippen LogP contribution in [0.3, 0.4) is 0 Å². The molecule has 0 atom stereocenters. The first-order chi connectivity index (χ1) is 28.2. The SMILES string of the molecule is c1ccc(-c2cc(-c3ccccc3)nc(-n3c4ccccc4c4cc(-c5ccc6c7ccccc7n(-c7ccc8oc9ccccc9c8c7)c6c5)ccc43)n2)cc1. The third-order valence-corrected chi connectivity index (χ3v) is 11.4. The smallest absolute Gasteiger partial charge is 0.235 e. The monoisotopic (exact) mass is 728 g/mol. The molecule has 5 nitrogen and oxygen atoms in total. The highest BCUT2D eigenvalue weighted by atomic mass is 16.3. The molecule has 57 heavy (non-hydrogen) atoms. The van der Waals surface area contributed by atoms with Gasteiger partial charge in [0.15, 0.2) is 0 Å². The highest BCUT2D eigenvalue weighted by Gasteiger charge is 2.19. The van der Waals surface area contributed by atoms with Crippen LogP contribution in [-0.4, -0.2) is 19.1 Å². The normalized spacial score (nSPS) is 11.9. The average Bonchev–Trinajstić information content (AvgIpc) is 3.94. The van der Waals surface area contributed by atoms with Crippen LogP contribution in [0.15, 0.2) is 199 Å². The molecule has 0 radical (unpaired) electrons. The fourth-order valence-electron chi connectivity index (χ4n) is 8.70. The molecule has 0 amide bonds. The molecule has 0 aliphatic rings. The summed E-state index contributed by atoms with van der Waals surface area (Å²) in [5, 5.41) is 6.98. The molecule has 0 aliphatic carbocycles. The minimum atomic E-state index is 0.641. The van der Waals surface area contributed by atoms with Gasteiger partial charge in [-0.15, -0.1) is 0 Å². The van der Waals surface area contributed by atoms with Gasteiger partial charge >= 0.3 is 0 Å². The molecule has 0 fully saturated rings. The lowest BCUT2D eigenvalue weighted by molar-refractivity contribution is 0.669. The topological polar surface area (TPSA) is 48.8 Å². The number of hydrogen-bond acceptors (Lipinski definition) is 3. The molecule has 0 unspecified atom stereocenters. The number of rotatable bonds is 5. The summed E-state index contributed by atoms with van der Waals surface area (Å²) in [6, 6.07) is 68.5. The van der Waals surface area contributed by atoms with Crippen molar-refractivity contribution in [2.45, 2.75) is 0 Å². The molecule has 0 saturated heterocycles. The Morgan fingerprint density at radius 3 is 1.60 bits per heavy atom. The Morgan fingerprint density at radius 2 is 0.860 bits per heavy atom. The quantitative estimate of drug-likeness (QED) is 0.177. The number of nitrogens with zero attached hydrogens (tertiary/aromatic N) is 4. The van der Waals surface area contributed by atoms with Gasteiger partial charge in [-0.3, -0.25) is 4.57 Å². The van der Waals surface area contributed by atoms with E-state index in [-0.39, 0.29) is 0 Å². The number of hydrogen-bond donors (Lipinski definition) is 0. The summed E-state index contributed by atoms with van der Waals surface area (Å²) in [6.45, 7) is 0. The van der Waals surface area contributed by atoms with Crippen molar-refractivity contribution < 1.29 is 4.42 Å². The van der Waals surface area contributed by atoms with Crippen LogP contribution < -0.4 is 0 Å². The fraction of sp³-hybridized carbons (Fsp3) is 0. The standard InChI is InChI=1S/C52H32N4O/c1-3-13-33(14-4-1)44-32-45(34-15-5-2-6-16-34)54-52(53-44)56-47-21-11-8-18-39(47)42-29-35(24-27-48(42)56)36-23-26-40-38-17-7-10-20-46(38)55(49(40)30-36)37-25-28-51-43(31-37)41-19-9-12-22-50(41)57-51/h1-32H. The van der Waals surface area contributed by atoms with Crippen LogP contribution >= 0.6 is 0 Å². The third-order valence-electron chi connectivity index (χ3n) is 11.4.